The number of nitrogens with zero attached hydrogens (tertiary/aromatic N) is 4. The molecule has 2 aromatic heterocycles. The number of hydrogen-bond donors (Lipinski definition) is 1. The van der Waals surface area contributed by atoms with Crippen molar-refractivity contribution in [1.29, 1.82) is 0 Å². The molecule has 0 unspecified atom stereocenters. The van der Waals surface area contributed by atoms with E-state index >= 15 is 0 Å². The van der Waals surface area contributed by atoms with Crippen molar-refractivity contribution < 1.29 is 14.0 Å². The number of halogens is 1. The Morgan fingerprint density at radius 3 is 2.60 bits per heavy atom. The van der Waals surface area contributed by atoms with Gasteiger partial charge in [-0.2, -0.15) is 5.10 Å². The average Bonchev–Trinajstić information content (AvgIpc) is 3.40. The molecule has 1 amide bonds. The van der Waals surface area contributed by atoms with E-state index in [4.69, 9.17) is 5.73 Å². The van der Waals surface area contributed by atoms with E-state index in [1.54, 1.807) is 17.3 Å². The Kier molecular flexibility index (Phi) is 5.56. The molecule has 0 aliphatic carbocycles. The van der Waals surface area contributed by atoms with Gasteiger partial charge < -0.3 is 10.6 Å². The highest BCUT2D eigenvalue weighted by Crippen LogP contribution is 2.26. The Morgan fingerprint density at radius 1 is 1.13 bits per heavy atom. The van der Waals surface area contributed by atoms with Crippen LogP contribution in [0.2, 0.25) is 0 Å². The van der Waals surface area contributed by atoms with Crippen molar-refractivity contribution in [3.63, 3.8) is 0 Å². The number of anilines is 1. The van der Waals surface area contributed by atoms with Crippen LogP contribution in [0, 0.1) is 5.82 Å². The van der Waals surface area contributed by atoms with Gasteiger partial charge in [-0.1, -0.05) is 0 Å². The molecule has 1 aromatic carbocycles. The van der Waals surface area contributed by atoms with Crippen LogP contribution in [0.3, 0.4) is 0 Å². The number of rotatable bonds is 6. The van der Waals surface area contributed by atoms with E-state index in [9.17, 15) is 14.0 Å². The summed E-state index contributed by atoms with van der Waals surface area (Å²) in [5.41, 5.74) is 8.04. The van der Waals surface area contributed by atoms with E-state index < -0.39 is 6.04 Å². The standard InChI is InChI=1S/C22H22FN5O2/c23-16-4-6-17(7-5-16)28-22(24)18(14-26-28)21(30)19-2-1-13-27(19)20(29)8-3-15-9-11-25-12-10-15/h4-7,9-12,14,19H,1-3,8,13,24H2/t19-/m1/s1. The van der Waals surface area contributed by atoms with Gasteiger partial charge in [-0.25, -0.2) is 9.07 Å². The fourth-order valence-corrected chi connectivity index (χ4v) is 3.80. The van der Waals surface area contributed by atoms with Crippen LogP contribution in [0.15, 0.2) is 55.0 Å². The SMILES string of the molecule is Nc1c(C(=O)[C@H]2CCCN2C(=O)CCc2ccncc2)cnn1-c1ccc(F)cc1. The van der Waals surface area contributed by atoms with E-state index in [2.05, 4.69) is 10.1 Å². The molecule has 1 atom stereocenters. The number of ketones is 1. The Balaban J connectivity index is 1.48. The number of pyridine rings is 1. The summed E-state index contributed by atoms with van der Waals surface area (Å²) in [5.74, 6) is -0.446. The second-order valence-corrected chi connectivity index (χ2v) is 7.30. The zero-order valence-corrected chi connectivity index (χ0v) is 16.4. The number of aryl methyl sites for hydroxylation is 1. The van der Waals surface area contributed by atoms with Gasteiger partial charge in [-0.05, 0) is 61.2 Å². The second kappa shape index (κ2) is 8.44. The first kappa shape index (κ1) is 19.8. The maximum Gasteiger partial charge on any atom is 0.223 e. The third-order valence-corrected chi connectivity index (χ3v) is 5.40. The van der Waals surface area contributed by atoms with E-state index in [1.807, 2.05) is 12.1 Å². The minimum absolute atomic E-state index is 0.0489. The maximum absolute atomic E-state index is 13.2. The fraction of sp³-hybridized carbons (Fsp3) is 0.273. The van der Waals surface area contributed by atoms with Crippen LogP contribution < -0.4 is 5.73 Å². The number of hydrogen-bond acceptors (Lipinski definition) is 5. The minimum atomic E-state index is -0.539. The Bertz CT molecular complexity index is 1050. The summed E-state index contributed by atoms with van der Waals surface area (Å²) in [4.78, 5) is 31.6. The Morgan fingerprint density at radius 2 is 1.87 bits per heavy atom. The number of aromatic nitrogens is 3. The largest absolute Gasteiger partial charge is 0.383 e. The first-order chi connectivity index (χ1) is 14.5. The first-order valence-electron chi connectivity index (χ1n) is 9.86. The number of Topliss-reactive ketones (excluding diaryl/α,β-unsaturated/α-hetero) is 1. The molecule has 4 rings (SSSR count). The van der Waals surface area contributed by atoms with Gasteiger partial charge in [0, 0.05) is 25.4 Å². The molecule has 30 heavy (non-hydrogen) atoms. The van der Waals surface area contributed by atoms with Gasteiger partial charge in [0.2, 0.25) is 5.91 Å². The Hall–Kier alpha value is -3.55. The highest BCUT2D eigenvalue weighted by atomic mass is 19.1. The minimum Gasteiger partial charge on any atom is -0.383 e. The summed E-state index contributed by atoms with van der Waals surface area (Å²) in [6, 6.07) is 8.91. The molecule has 154 valence electrons. The van der Waals surface area contributed by atoms with Crippen molar-refractivity contribution in [2.24, 2.45) is 0 Å². The van der Waals surface area contributed by atoms with Gasteiger partial charge in [0.05, 0.1) is 23.5 Å². The maximum atomic E-state index is 13.2. The van der Waals surface area contributed by atoms with Crippen LogP contribution in [-0.4, -0.2) is 43.9 Å². The molecule has 7 nitrogen and oxygen atoms in total. The van der Waals surface area contributed by atoms with Crippen LogP contribution >= 0.6 is 0 Å². The van der Waals surface area contributed by atoms with Crippen molar-refractivity contribution >= 4 is 17.5 Å². The lowest BCUT2D eigenvalue weighted by molar-refractivity contribution is -0.131. The summed E-state index contributed by atoms with van der Waals surface area (Å²) >= 11 is 0. The molecule has 0 bridgehead atoms. The number of nitrogens with two attached hydrogens (primary N) is 1. The second-order valence-electron chi connectivity index (χ2n) is 7.30. The monoisotopic (exact) mass is 407 g/mol. The normalized spacial score (nSPS) is 16.0. The number of carbonyl (C=O) groups is 2. The van der Waals surface area contributed by atoms with Gasteiger partial charge in [-0.15, -0.1) is 0 Å². The fourth-order valence-electron chi connectivity index (χ4n) is 3.80. The van der Waals surface area contributed by atoms with Crippen LogP contribution in [-0.2, 0) is 11.2 Å². The summed E-state index contributed by atoms with van der Waals surface area (Å²) in [5, 5.41) is 4.19. The zero-order valence-electron chi connectivity index (χ0n) is 16.4. The molecule has 0 spiro atoms. The van der Waals surface area contributed by atoms with Gasteiger partial charge in [-0.3, -0.25) is 14.6 Å². The number of nitrogen functional groups attached to an aromatic ring is 1. The quantitative estimate of drug-likeness (QED) is 0.634. The molecule has 0 saturated carbocycles. The summed E-state index contributed by atoms with van der Waals surface area (Å²) in [7, 11) is 0. The van der Waals surface area contributed by atoms with Crippen LogP contribution in [0.4, 0.5) is 10.2 Å². The molecule has 1 aliphatic heterocycles. The van der Waals surface area contributed by atoms with E-state index in [0.717, 1.165) is 12.0 Å². The van der Waals surface area contributed by atoms with Crippen molar-refractivity contribution in [3.8, 4) is 5.69 Å². The van der Waals surface area contributed by atoms with Gasteiger partial charge >= 0.3 is 0 Å². The smallest absolute Gasteiger partial charge is 0.223 e. The molecule has 1 saturated heterocycles. The molecule has 3 heterocycles. The number of likely N-dealkylation sites (tertiary alicyclic amines) is 1. The van der Waals surface area contributed by atoms with Crippen LogP contribution in [0.1, 0.15) is 35.2 Å². The molecule has 8 heteroatoms. The number of amides is 1. The Labute approximate surface area is 173 Å². The van der Waals surface area contributed by atoms with Crippen molar-refractivity contribution in [2.75, 3.05) is 12.3 Å². The molecule has 1 aliphatic rings. The lowest BCUT2D eigenvalue weighted by Gasteiger charge is -2.23. The van der Waals surface area contributed by atoms with E-state index in [0.29, 0.717) is 31.5 Å². The topological polar surface area (TPSA) is 94.1 Å². The summed E-state index contributed by atoms with van der Waals surface area (Å²) in [6.45, 7) is 0.553. The van der Waals surface area contributed by atoms with E-state index in [-0.39, 0.29) is 28.9 Å². The highest BCUT2D eigenvalue weighted by molar-refractivity contribution is 6.05. The summed E-state index contributed by atoms with van der Waals surface area (Å²) in [6.07, 6.45) is 7.11. The van der Waals surface area contributed by atoms with Crippen LogP contribution in [0.5, 0.6) is 0 Å². The third kappa shape index (κ3) is 3.94. The molecule has 2 N–H and O–H groups in total. The number of carbonyl (C=O) groups excluding carboxylic acids is 2. The first-order valence-corrected chi connectivity index (χ1v) is 9.86. The third-order valence-electron chi connectivity index (χ3n) is 5.40. The zero-order chi connectivity index (χ0) is 21.1. The van der Waals surface area contributed by atoms with Crippen molar-refractivity contribution in [1.82, 2.24) is 19.7 Å². The number of benzene rings is 1. The van der Waals surface area contributed by atoms with Gasteiger partial charge in [0.1, 0.15) is 11.6 Å². The van der Waals surface area contributed by atoms with Gasteiger partial charge in [0.15, 0.2) is 5.78 Å². The molecule has 0 radical (unpaired) electrons. The molecular formula is C22H22FN5O2. The van der Waals surface area contributed by atoms with Crippen molar-refractivity contribution in [3.05, 3.63) is 71.9 Å². The lowest BCUT2D eigenvalue weighted by Crippen LogP contribution is -2.40. The predicted octanol–water partition coefficient (Wildman–Crippen LogP) is 2.80. The molecular weight excluding hydrogens is 385 g/mol. The van der Waals surface area contributed by atoms with E-state index in [1.165, 1.54) is 35.1 Å². The molecule has 1 fully saturated rings. The summed E-state index contributed by atoms with van der Waals surface area (Å²) < 4.78 is 14.6. The van der Waals surface area contributed by atoms with Gasteiger partial charge in [0.25, 0.3) is 0 Å². The lowest BCUT2D eigenvalue weighted by atomic mass is 10.0. The predicted molar refractivity (Wildman–Crippen MR) is 110 cm³/mol. The van der Waals surface area contributed by atoms with Crippen LogP contribution in [0.25, 0.3) is 5.69 Å². The van der Waals surface area contributed by atoms with Crippen molar-refractivity contribution in [2.45, 2.75) is 31.7 Å². The average molecular weight is 407 g/mol. The highest BCUT2D eigenvalue weighted by Gasteiger charge is 2.35. The molecule has 3 aromatic rings.